The summed E-state index contributed by atoms with van der Waals surface area (Å²) in [6.07, 6.45) is 8.42. The molecule has 0 spiro atoms. The maximum atomic E-state index is 12.5. The van der Waals surface area contributed by atoms with Crippen LogP contribution in [0.1, 0.15) is 24.8 Å². The Balaban J connectivity index is 1.37. The molecule has 4 rings (SSSR count). The van der Waals surface area contributed by atoms with Crippen molar-refractivity contribution in [2.75, 3.05) is 36.4 Å². The number of anilines is 2. The van der Waals surface area contributed by atoms with Crippen LogP contribution in [-0.4, -0.2) is 53.2 Å². The molecule has 4 heterocycles. The van der Waals surface area contributed by atoms with Gasteiger partial charge in [0, 0.05) is 38.4 Å². The van der Waals surface area contributed by atoms with E-state index in [9.17, 15) is 4.79 Å². The van der Waals surface area contributed by atoms with E-state index in [4.69, 9.17) is 4.74 Å². The number of rotatable bonds is 4. The molecular formula is C20H25N5O2. The molecule has 1 N–H and O–H groups in total. The second kappa shape index (κ2) is 7.82. The van der Waals surface area contributed by atoms with Crippen molar-refractivity contribution in [2.45, 2.75) is 32.3 Å². The molecule has 7 nitrogen and oxygen atoms in total. The van der Waals surface area contributed by atoms with E-state index in [1.165, 1.54) is 12.8 Å². The standard InChI is InChI=1S/C20H25N5O2/c1-15-11-16(13-21-12-15)23-20(26)25-10-6-17(14-25)27-18-5-4-7-22-19(18)24-8-2-3-9-24/h4-5,7,11-13,17H,2-3,6,8-10,14H2,1H3,(H,23,26). The fraction of sp³-hybridized carbons (Fsp3) is 0.450. The number of pyridine rings is 2. The molecule has 2 aromatic rings. The van der Waals surface area contributed by atoms with Gasteiger partial charge in [-0.1, -0.05) is 0 Å². The van der Waals surface area contributed by atoms with Crippen molar-refractivity contribution < 1.29 is 9.53 Å². The summed E-state index contributed by atoms with van der Waals surface area (Å²) >= 11 is 0. The van der Waals surface area contributed by atoms with Crippen LogP contribution in [0.2, 0.25) is 0 Å². The minimum absolute atomic E-state index is 0.0167. The molecule has 2 aromatic heterocycles. The lowest BCUT2D eigenvalue weighted by Crippen LogP contribution is -2.34. The van der Waals surface area contributed by atoms with Gasteiger partial charge in [0.15, 0.2) is 11.6 Å². The smallest absolute Gasteiger partial charge is 0.322 e. The lowest BCUT2D eigenvalue weighted by atomic mass is 10.3. The summed E-state index contributed by atoms with van der Waals surface area (Å²) in [6, 6.07) is 5.67. The van der Waals surface area contributed by atoms with E-state index in [1.807, 2.05) is 31.3 Å². The highest BCUT2D eigenvalue weighted by molar-refractivity contribution is 5.89. The van der Waals surface area contributed by atoms with Gasteiger partial charge in [0.2, 0.25) is 0 Å². The lowest BCUT2D eigenvalue weighted by molar-refractivity contribution is 0.195. The first-order chi connectivity index (χ1) is 13.2. The van der Waals surface area contributed by atoms with Gasteiger partial charge in [-0.15, -0.1) is 0 Å². The number of urea groups is 1. The van der Waals surface area contributed by atoms with Gasteiger partial charge < -0.3 is 19.9 Å². The van der Waals surface area contributed by atoms with E-state index in [2.05, 4.69) is 20.2 Å². The molecule has 2 aliphatic heterocycles. The predicted octanol–water partition coefficient (Wildman–Crippen LogP) is 3.07. The van der Waals surface area contributed by atoms with E-state index in [0.717, 1.165) is 36.6 Å². The summed E-state index contributed by atoms with van der Waals surface area (Å²) in [5, 5.41) is 2.91. The molecule has 27 heavy (non-hydrogen) atoms. The molecule has 2 amide bonds. The number of aromatic nitrogens is 2. The maximum Gasteiger partial charge on any atom is 0.322 e. The molecule has 0 saturated carbocycles. The number of carbonyl (C=O) groups excluding carboxylic acids is 1. The van der Waals surface area contributed by atoms with Crippen molar-refractivity contribution in [3.63, 3.8) is 0 Å². The predicted molar refractivity (Wildman–Crippen MR) is 104 cm³/mol. The zero-order valence-electron chi connectivity index (χ0n) is 15.6. The Labute approximate surface area is 159 Å². The first-order valence-corrected chi connectivity index (χ1v) is 9.53. The largest absolute Gasteiger partial charge is 0.485 e. The Morgan fingerprint density at radius 3 is 2.93 bits per heavy atom. The van der Waals surface area contributed by atoms with E-state index in [1.54, 1.807) is 17.3 Å². The Hall–Kier alpha value is -2.83. The maximum absolute atomic E-state index is 12.5. The minimum atomic E-state index is -0.112. The summed E-state index contributed by atoms with van der Waals surface area (Å²) in [5.74, 6) is 1.73. The number of amides is 2. The lowest BCUT2D eigenvalue weighted by Gasteiger charge is -2.22. The van der Waals surface area contributed by atoms with Crippen LogP contribution in [0.3, 0.4) is 0 Å². The van der Waals surface area contributed by atoms with E-state index < -0.39 is 0 Å². The quantitative estimate of drug-likeness (QED) is 0.899. The van der Waals surface area contributed by atoms with Crippen molar-refractivity contribution in [3.05, 3.63) is 42.4 Å². The topological polar surface area (TPSA) is 70.6 Å². The zero-order valence-corrected chi connectivity index (χ0v) is 15.6. The third-order valence-electron chi connectivity index (χ3n) is 5.01. The molecule has 0 aliphatic carbocycles. The first-order valence-electron chi connectivity index (χ1n) is 9.53. The number of nitrogens with zero attached hydrogens (tertiary/aromatic N) is 4. The van der Waals surface area contributed by atoms with Gasteiger partial charge in [0.1, 0.15) is 6.10 Å². The highest BCUT2D eigenvalue weighted by atomic mass is 16.5. The minimum Gasteiger partial charge on any atom is -0.485 e. The molecule has 2 aliphatic rings. The number of aryl methyl sites for hydroxylation is 1. The van der Waals surface area contributed by atoms with Gasteiger partial charge in [-0.25, -0.2) is 9.78 Å². The Bertz CT molecular complexity index is 806. The molecule has 0 radical (unpaired) electrons. The summed E-state index contributed by atoms with van der Waals surface area (Å²) in [7, 11) is 0. The van der Waals surface area contributed by atoms with E-state index in [-0.39, 0.29) is 12.1 Å². The molecule has 2 saturated heterocycles. The molecule has 7 heteroatoms. The average Bonchev–Trinajstić information content (AvgIpc) is 3.34. The van der Waals surface area contributed by atoms with Crippen LogP contribution in [0.5, 0.6) is 5.75 Å². The highest BCUT2D eigenvalue weighted by Gasteiger charge is 2.29. The molecular weight excluding hydrogens is 342 g/mol. The van der Waals surface area contributed by atoms with Gasteiger partial charge in [-0.3, -0.25) is 4.98 Å². The third-order valence-corrected chi connectivity index (χ3v) is 5.01. The highest BCUT2D eigenvalue weighted by Crippen LogP contribution is 2.30. The van der Waals surface area contributed by atoms with Crippen LogP contribution in [0, 0.1) is 6.92 Å². The van der Waals surface area contributed by atoms with Crippen LogP contribution in [0.4, 0.5) is 16.3 Å². The number of nitrogens with one attached hydrogen (secondary N) is 1. The van der Waals surface area contributed by atoms with Gasteiger partial charge in [-0.2, -0.15) is 0 Å². The van der Waals surface area contributed by atoms with Gasteiger partial charge >= 0.3 is 6.03 Å². The molecule has 142 valence electrons. The van der Waals surface area contributed by atoms with Crippen LogP contribution >= 0.6 is 0 Å². The molecule has 1 atom stereocenters. The van der Waals surface area contributed by atoms with Gasteiger partial charge in [0.25, 0.3) is 0 Å². The van der Waals surface area contributed by atoms with Crippen molar-refractivity contribution >= 4 is 17.5 Å². The molecule has 2 fully saturated rings. The summed E-state index contributed by atoms with van der Waals surface area (Å²) in [6.45, 7) is 5.25. The summed E-state index contributed by atoms with van der Waals surface area (Å²) < 4.78 is 6.23. The number of ether oxygens (including phenoxy) is 1. The van der Waals surface area contributed by atoms with Crippen LogP contribution in [-0.2, 0) is 0 Å². The van der Waals surface area contributed by atoms with E-state index in [0.29, 0.717) is 18.8 Å². The van der Waals surface area contributed by atoms with Crippen LogP contribution in [0.15, 0.2) is 36.8 Å². The van der Waals surface area contributed by atoms with Crippen molar-refractivity contribution in [3.8, 4) is 5.75 Å². The molecule has 0 aromatic carbocycles. The monoisotopic (exact) mass is 367 g/mol. The first kappa shape index (κ1) is 17.6. The fourth-order valence-corrected chi connectivity index (χ4v) is 3.65. The van der Waals surface area contributed by atoms with E-state index >= 15 is 0 Å². The van der Waals surface area contributed by atoms with Gasteiger partial charge in [-0.05, 0) is 43.5 Å². The average molecular weight is 367 g/mol. The molecule has 1 unspecified atom stereocenters. The Morgan fingerprint density at radius 2 is 2.11 bits per heavy atom. The number of carbonyl (C=O) groups is 1. The second-order valence-corrected chi connectivity index (χ2v) is 7.17. The number of likely N-dealkylation sites (tertiary alicyclic amines) is 1. The summed E-state index contributed by atoms with van der Waals surface area (Å²) in [4.78, 5) is 25.2. The number of hydrogen-bond acceptors (Lipinski definition) is 5. The third kappa shape index (κ3) is 4.13. The number of hydrogen-bond donors (Lipinski definition) is 1. The summed E-state index contributed by atoms with van der Waals surface area (Å²) in [5.41, 5.74) is 1.73. The van der Waals surface area contributed by atoms with Crippen molar-refractivity contribution in [2.24, 2.45) is 0 Å². The molecule has 0 bridgehead atoms. The van der Waals surface area contributed by atoms with Crippen LogP contribution < -0.4 is 15.0 Å². The van der Waals surface area contributed by atoms with Crippen molar-refractivity contribution in [1.29, 1.82) is 0 Å². The fourth-order valence-electron chi connectivity index (χ4n) is 3.65. The zero-order chi connectivity index (χ0) is 18.6. The normalized spacial score (nSPS) is 19.4. The Kier molecular flexibility index (Phi) is 5.09. The van der Waals surface area contributed by atoms with Gasteiger partial charge in [0.05, 0.1) is 18.4 Å². The Morgan fingerprint density at radius 1 is 1.26 bits per heavy atom. The SMILES string of the molecule is Cc1cncc(NC(=O)N2CCC(Oc3cccnc3N3CCCC3)C2)c1. The van der Waals surface area contributed by atoms with Crippen molar-refractivity contribution in [1.82, 2.24) is 14.9 Å². The second-order valence-electron chi connectivity index (χ2n) is 7.17. The van der Waals surface area contributed by atoms with Crippen LogP contribution in [0.25, 0.3) is 0 Å².